The molecule has 0 aliphatic rings. The van der Waals surface area contributed by atoms with Crippen LogP contribution in [0.4, 0.5) is 11.4 Å². The maximum Gasteiger partial charge on any atom is 0.339 e. The topological polar surface area (TPSA) is 127 Å². The summed E-state index contributed by atoms with van der Waals surface area (Å²) in [5, 5.41) is 0. The molecule has 5 aromatic carbocycles. The van der Waals surface area contributed by atoms with Crippen molar-refractivity contribution in [3.8, 4) is 11.5 Å². The second kappa shape index (κ2) is 19.0. The molecule has 58 heavy (non-hydrogen) atoms. The lowest BCUT2D eigenvalue weighted by Crippen LogP contribution is -2.21. The van der Waals surface area contributed by atoms with E-state index in [2.05, 4.69) is 37.5 Å². The number of ketones is 2. The minimum absolute atomic E-state index is 0.204. The molecule has 302 valence electrons. The summed E-state index contributed by atoms with van der Waals surface area (Å²) >= 11 is 0. The number of hydrogen-bond acceptors (Lipinski definition) is 10. The van der Waals surface area contributed by atoms with E-state index >= 15 is 0 Å². The van der Waals surface area contributed by atoms with Gasteiger partial charge in [0.1, 0.15) is 9.79 Å². The van der Waals surface area contributed by atoms with E-state index in [-0.39, 0.29) is 20.9 Å². The lowest BCUT2D eigenvalue weighted by atomic mass is 10.0. The zero-order valence-electron chi connectivity index (χ0n) is 33.5. The van der Waals surface area contributed by atoms with Gasteiger partial charge >= 0.3 is 20.2 Å². The van der Waals surface area contributed by atoms with Gasteiger partial charge in [0.25, 0.3) is 0 Å². The molecule has 0 radical (unpaired) electrons. The van der Waals surface area contributed by atoms with Crippen LogP contribution in [0.5, 0.6) is 11.5 Å². The first-order valence-corrected chi connectivity index (χ1v) is 21.8. The van der Waals surface area contributed by atoms with E-state index in [0.717, 1.165) is 60.8 Å². The van der Waals surface area contributed by atoms with Crippen molar-refractivity contribution >= 4 is 55.3 Å². The molecule has 0 aromatic heterocycles. The third-order valence-electron chi connectivity index (χ3n) is 9.53. The van der Waals surface area contributed by atoms with Gasteiger partial charge in [0.2, 0.25) is 0 Å². The Balaban J connectivity index is 1.63. The highest BCUT2D eigenvalue weighted by Gasteiger charge is 2.28. The zero-order chi connectivity index (χ0) is 42.0. The minimum Gasteiger partial charge on any atom is -0.378 e. The fourth-order valence-electron chi connectivity index (χ4n) is 6.12. The fourth-order valence-corrected chi connectivity index (χ4v) is 8.00. The van der Waals surface area contributed by atoms with Gasteiger partial charge in [0.15, 0.2) is 23.1 Å². The maximum atomic E-state index is 14.1. The number of carbonyl (C=O) groups is 2. The van der Waals surface area contributed by atoms with E-state index in [1.54, 1.807) is 50.3 Å². The standard InChI is InChI=1S/C46H48N2O8S2/c1-7-47(8-2)37-21-15-35(16-22-37)19-29-43(49)41-31-42(44(50)30-20-36-17-23-38(24-18-36)48(9-3)10-4)46(56-58(53,54)40-27-13-34(6)14-28-40)32-45(41)55-57(51,52)39-25-11-33(5)12-26-39/h11-32H,7-10H2,1-6H3/b29-19+,30-20+. The first kappa shape index (κ1) is 43.1. The van der Waals surface area contributed by atoms with E-state index in [9.17, 15) is 26.4 Å². The molecular weight excluding hydrogens is 773 g/mol. The summed E-state index contributed by atoms with van der Waals surface area (Å²) in [7, 11) is -9.14. The van der Waals surface area contributed by atoms with Crippen LogP contribution in [0.1, 0.15) is 70.7 Å². The fraction of sp³-hybridized carbons (Fsp3) is 0.217. The Labute approximate surface area is 342 Å². The van der Waals surface area contributed by atoms with Crippen molar-refractivity contribution in [3.05, 3.63) is 155 Å². The highest BCUT2D eigenvalue weighted by molar-refractivity contribution is 7.87. The molecule has 0 fully saturated rings. The summed E-state index contributed by atoms with van der Waals surface area (Å²) < 4.78 is 65.7. The number of anilines is 2. The highest BCUT2D eigenvalue weighted by Crippen LogP contribution is 2.35. The summed E-state index contributed by atoms with van der Waals surface area (Å²) in [5.41, 5.74) is 4.38. The van der Waals surface area contributed by atoms with Crippen LogP contribution in [0.25, 0.3) is 12.2 Å². The normalized spacial score (nSPS) is 11.8. The van der Waals surface area contributed by atoms with Gasteiger partial charge in [-0.25, -0.2) is 0 Å². The Morgan fingerprint density at radius 1 is 0.500 bits per heavy atom. The third kappa shape index (κ3) is 10.7. The van der Waals surface area contributed by atoms with Gasteiger partial charge in [-0.2, -0.15) is 16.8 Å². The molecule has 0 spiro atoms. The summed E-state index contributed by atoms with van der Waals surface area (Å²) in [6, 6.07) is 28.9. The first-order valence-electron chi connectivity index (χ1n) is 19.0. The Morgan fingerprint density at radius 2 is 0.828 bits per heavy atom. The quantitative estimate of drug-likeness (QED) is 0.0480. The Hall–Kier alpha value is -5.98. The van der Waals surface area contributed by atoms with Crippen molar-refractivity contribution in [3.63, 3.8) is 0 Å². The number of benzene rings is 5. The van der Waals surface area contributed by atoms with E-state index in [1.165, 1.54) is 36.4 Å². The molecule has 0 unspecified atom stereocenters. The Morgan fingerprint density at radius 3 is 1.14 bits per heavy atom. The van der Waals surface area contributed by atoms with Crippen LogP contribution in [0.3, 0.4) is 0 Å². The Kier molecular flexibility index (Phi) is 14.1. The lowest BCUT2D eigenvalue weighted by molar-refractivity contribution is 0.104. The average molecular weight is 821 g/mol. The number of aryl methyl sites for hydroxylation is 2. The van der Waals surface area contributed by atoms with Gasteiger partial charge in [0, 0.05) is 43.6 Å². The van der Waals surface area contributed by atoms with Gasteiger partial charge in [-0.15, -0.1) is 0 Å². The van der Waals surface area contributed by atoms with Crippen molar-refractivity contribution < 1.29 is 34.8 Å². The summed E-state index contributed by atoms with van der Waals surface area (Å²) in [4.78, 5) is 32.0. The van der Waals surface area contributed by atoms with Crippen LogP contribution < -0.4 is 18.2 Å². The van der Waals surface area contributed by atoms with Gasteiger partial charge in [-0.3, -0.25) is 9.59 Å². The van der Waals surface area contributed by atoms with Gasteiger partial charge in [-0.1, -0.05) is 71.8 Å². The summed E-state index contributed by atoms with van der Waals surface area (Å²) in [6.07, 6.45) is 5.58. The van der Waals surface area contributed by atoms with Crippen LogP contribution in [-0.4, -0.2) is 54.6 Å². The van der Waals surface area contributed by atoms with Gasteiger partial charge < -0.3 is 18.2 Å². The molecule has 12 heteroatoms. The lowest BCUT2D eigenvalue weighted by Gasteiger charge is -2.20. The van der Waals surface area contributed by atoms with Crippen LogP contribution in [0.15, 0.2) is 131 Å². The molecule has 0 heterocycles. The van der Waals surface area contributed by atoms with E-state index in [0.29, 0.717) is 11.1 Å². The van der Waals surface area contributed by atoms with E-state index in [4.69, 9.17) is 8.37 Å². The van der Waals surface area contributed by atoms with E-state index in [1.807, 2.05) is 48.5 Å². The number of nitrogens with zero attached hydrogens (tertiary/aromatic N) is 2. The molecular formula is C46H48N2O8S2. The molecule has 10 nitrogen and oxygen atoms in total. The van der Waals surface area contributed by atoms with Crippen molar-refractivity contribution in [1.29, 1.82) is 0 Å². The SMILES string of the molecule is CCN(CC)c1ccc(/C=C/C(=O)c2cc(C(=O)/C=C/c3ccc(N(CC)CC)cc3)c(OS(=O)(=O)c3ccc(C)cc3)cc2OS(=O)(=O)c2ccc(C)cc2)cc1. The van der Waals surface area contributed by atoms with Gasteiger partial charge in [0.05, 0.1) is 11.1 Å². The molecule has 5 rings (SSSR count). The summed E-state index contributed by atoms with van der Waals surface area (Å²) in [5.74, 6) is -2.48. The molecule has 0 N–H and O–H groups in total. The minimum atomic E-state index is -4.57. The molecule has 0 bridgehead atoms. The number of hydrogen-bond donors (Lipinski definition) is 0. The van der Waals surface area contributed by atoms with Crippen LogP contribution in [0, 0.1) is 13.8 Å². The van der Waals surface area contributed by atoms with Crippen molar-refractivity contribution in [2.75, 3.05) is 36.0 Å². The molecule has 0 aliphatic heterocycles. The first-order chi connectivity index (χ1) is 27.7. The van der Waals surface area contributed by atoms with Gasteiger partial charge in [-0.05, 0) is 119 Å². The monoisotopic (exact) mass is 820 g/mol. The molecule has 0 saturated heterocycles. The highest BCUT2D eigenvalue weighted by atomic mass is 32.2. The number of allylic oxidation sites excluding steroid dienone is 2. The largest absolute Gasteiger partial charge is 0.378 e. The number of rotatable bonds is 18. The van der Waals surface area contributed by atoms with Crippen LogP contribution in [-0.2, 0) is 20.2 Å². The molecule has 0 aliphatic carbocycles. The average Bonchev–Trinajstić information content (AvgIpc) is 3.21. The van der Waals surface area contributed by atoms with Crippen molar-refractivity contribution in [2.45, 2.75) is 51.3 Å². The molecule has 0 atom stereocenters. The molecule has 0 saturated carbocycles. The van der Waals surface area contributed by atoms with Crippen molar-refractivity contribution in [2.24, 2.45) is 0 Å². The zero-order valence-corrected chi connectivity index (χ0v) is 35.1. The second-order valence-corrected chi connectivity index (χ2v) is 16.6. The van der Waals surface area contributed by atoms with Crippen molar-refractivity contribution in [1.82, 2.24) is 0 Å². The third-order valence-corrected chi connectivity index (χ3v) is 12.0. The molecule has 0 amide bonds. The van der Waals surface area contributed by atoms with Crippen LogP contribution >= 0.6 is 0 Å². The predicted molar refractivity (Wildman–Crippen MR) is 231 cm³/mol. The second-order valence-electron chi connectivity index (χ2n) is 13.5. The van der Waals surface area contributed by atoms with Crippen LogP contribution in [0.2, 0.25) is 0 Å². The maximum absolute atomic E-state index is 14.1. The summed E-state index contributed by atoms with van der Waals surface area (Å²) in [6.45, 7) is 15.1. The Bertz CT molecular complexity index is 2330. The molecule has 5 aromatic rings. The predicted octanol–water partition coefficient (Wildman–Crippen LogP) is 9.32. The smallest absolute Gasteiger partial charge is 0.339 e. The number of carbonyl (C=O) groups excluding carboxylic acids is 2. The van der Waals surface area contributed by atoms with E-state index < -0.39 is 43.3 Å².